The van der Waals surface area contributed by atoms with E-state index in [2.05, 4.69) is 15.8 Å². The lowest BCUT2D eigenvalue weighted by molar-refractivity contribution is -0.121. The molecule has 0 bridgehead atoms. The summed E-state index contributed by atoms with van der Waals surface area (Å²) in [4.78, 5) is 12.0. The molecule has 2 rings (SSSR count). The van der Waals surface area contributed by atoms with Crippen molar-refractivity contribution in [3.8, 4) is 11.5 Å². The van der Waals surface area contributed by atoms with Gasteiger partial charge >= 0.3 is 0 Å². The third-order valence-corrected chi connectivity index (χ3v) is 3.49. The molecule has 0 heterocycles. The molecule has 0 saturated carbocycles. The highest BCUT2D eigenvalue weighted by atomic mass is 35.5. The number of hydrogen-bond donors (Lipinski definition) is 3. The molecule has 0 aliphatic carbocycles. The van der Waals surface area contributed by atoms with Gasteiger partial charge in [-0.15, -0.1) is 0 Å². The Bertz CT molecular complexity index is 732. The van der Waals surface area contributed by atoms with Gasteiger partial charge in [-0.3, -0.25) is 4.79 Å². The Morgan fingerprint density at radius 2 is 2.00 bits per heavy atom. The topological polar surface area (TPSA) is 83.0 Å². The van der Waals surface area contributed by atoms with Gasteiger partial charge in [0.05, 0.1) is 13.3 Å². The Morgan fingerprint density at radius 3 is 2.67 bits per heavy atom. The molecule has 1 atom stereocenters. The Balaban J connectivity index is 1.93. The van der Waals surface area contributed by atoms with Gasteiger partial charge < -0.3 is 15.2 Å². The highest BCUT2D eigenvalue weighted by molar-refractivity contribution is 6.30. The maximum Gasteiger partial charge on any atom is 0.262 e. The van der Waals surface area contributed by atoms with Crippen molar-refractivity contribution in [2.45, 2.75) is 13.0 Å². The number of ether oxygens (including phenoxy) is 1. The molecule has 1 amide bonds. The molecule has 0 unspecified atom stereocenters. The number of phenols is 1. The van der Waals surface area contributed by atoms with Gasteiger partial charge in [0, 0.05) is 16.3 Å². The number of rotatable bonds is 6. The quantitative estimate of drug-likeness (QED) is 0.554. The number of nitrogens with one attached hydrogen (secondary N) is 2. The van der Waals surface area contributed by atoms with Crippen LogP contribution in [0, 0.1) is 0 Å². The number of nitrogens with zero attached hydrogens (tertiary/aromatic N) is 1. The number of halogens is 1. The van der Waals surface area contributed by atoms with Gasteiger partial charge in [-0.1, -0.05) is 11.6 Å². The van der Waals surface area contributed by atoms with Crippen LogP contribution in [-0.2, 0) is 4.79 Å². The molecule has 0 fully saturated rings. The van der Waals surface area contributed by atoms with E-state index in [1.165, 1.54) is 19.4 Å². The molecule has 0 spiro atoms. The van der Waals surface area contributed by atoms with E-state index in [1.54, 1.807) is 43.3 Å². The molecule has 0 aliphatic heterocycles. The second kappa shape index (κ2) is 8.21. The summed E-state index contributed by atoms with van der Waals surface area (Å²) in [6.45, 7) is 1.71. The number of benzene rings is 2. The largest absolute Gasteiger partial charge is 0.507 e. The first-order valence-corrected chi connectivity index (χ1v) is 7.59. The molecular weight excluding hydrogens is 330 g/mol. The minimum atomic E-state index is -0.498. The molecule has 6 nitrogen and oxygen atoms in total. The summed E-state index contributed by atoms with van der Waals surface area (Å²) in [5.41, 5.74) is 3.63. The first kappa shape index (κ1) is 17.6. The standard InChI is InChI=1S/C17H18ClN3O3/c1-11(20-14-5-3-13(18)4-6-14)17(23)21-19-10-12-9-15(24-2)7-8-16(12)22/h3-11,20,22H,1-2H3,(H,21,23)/b19-10-/t11-/m0/s1. The number of phenolic OH excluding ortho intramolecular Hbond substituents is 1. The van der Waals surface area contributed by atoms with Gasteiger partial charge in [-0.25, -0.2) is 5.43 Å². The van der Waals surface area contributed by atoms with E-state index in [1.807, 2.05) is 0 Å². The van der Waals surface area contributed by atoms with Gasteiger partial charge in [-0.2, -0.15) is 5.10 Å². The molecule has 7 heteroatoms. The summed E-state index contributed by atoms with van der Waals surface area (Å²) in [7, 11) is 1.53. The van der Waals surface area contributed by atoms with Crippen molar-refractivity contribution >= 4 is 29.4 Å². The molecule has 126 valence electrons. The SMILES string of the molecule is COc1ccc(O)c(/C=N\NC(=O)[C@H](C)Nc2ccc(Cl)cc2)c1. The number of hydrogen-bond acceptors (Lipinski definition) is 5. The molecule has 0 radical (unpaired) electrons. The normalized spacial score (nSPS) is 12.0. The molecule has 3 N–H and O–H groups in total. The van der Waals surface area contributed by atoms with Crippen LogP contribution in [0.25, 0.3) is 0 Å². The first-order chi connectivity index (χ1) is 11.5. The van der Waals surface area contributed by atoms with Gasteiger partial charge in [0.15, 0.2) is 0 Å². The lowest BCUT2D eigenvalue weighted by Gasteiger charge is -2.13. The Morgan fingerprint density at radius 1 is 1.29 bits per heavy atom. The van der Waals surface area contributed by atoms with Gasteiger partial charge in [0.25, 0.3) is 5.91 Å². The van der Waals surface area contributed by atoms with Crippen LogP contribution in [0.5, 0.6) is 11.5 Å². The second-order valence-corrected chi connectivity index (χ2v) is 5.47. The zero-order valence-electron chi connectivity index (χ0n) is 13.3. The van der Waals surface area contributed by atoms with Gasteiger partial charge in [0.1, 0.15) is 17.5 Å². The number of amides is 1. The van der Waals surface area contributed by atoms with Crippen LogP contribution in [0.2, 0.25) is 5.02 Å². The summed E-state index contributed by atoms with van der Waals surface area (Å²) < 4.78 is 5.07. The van der Waals surface area contributed by atoms with E-state index >= 15 is 0 Å². The predicted octanol–water partition coefficient (Wildman–Crippen LogP) is 3.00. The maximum absolute atomic E-state index is 12.0. The average molecular weight is 348 g/mol. The molecular formula is C17H18ClN3O3. The number of methoxy groups -OCH3 is 1. The number of carbonyl (C=O) groups excluding carboxylic acids is 1. The van der Waals surface area contributed by atoms with Crippen molar-refractivity contribution < 1.29 is 14.6 Å². The van der Waals surface area contributed by atoms with E-state index in [0.717, 1.165) is 5.69 Å². The van der Waals surface area contributed by atoms with Crippen molar-refractivity contribution in [2.24, 2.45) is 5.10 Å². The van der Waals surface area contributed by atoms with E-state index in [0.29, 0.717) is 16.3 Å². The van der Waals surface area contributed by atoms with Crippen LogP contribution in [0.1, 0.15) is 12.5 Å². The smallest absolute Gasteiger partial charge is 0.262 e. The molecule has 0 aromatic heterocycles. The molecule has 0 aliphatic rings. The fourth-order valence-electron chi connectivity index (χ4n) is 1.89. The zero-order valence-corrected chi connectivity index (χ0v) is 14.0. The van der Waals surface area contributed by atoms with Crippen LogP contribution >= 0.6 is 11.6 Å². The van der Waals surface area contributed by atoms with E-state index in [9.17, 15) is 9.90 Å². The van der Waals surface area contributed by atoms with E-state index in [-0.39, 0.29) is 11.7 Å². The van der Waals surface area contributed by atoms with Crippen molar-refractivity contribution in [2.75, 3.05) is 12.4 Å². The van der Waals surface area contributed by atoms with Crippen LogP contribution < -0.4 is 15.5 Å². The van der Waals surface area contributed by atoms with Crippen LogP contribution in [0.3, 0.4) is 0 Å². The van der Waals surface area contributed by atoms with Crippen molar-refractivity contribution in [1.29, 1.82) is 0 Å². The molecule has 24 heavy (non-hydrogen) atoms. The fourth-order valence-corrected chi connectivity index (χ4v) is 2.01. The van der Waals surface area contributed by atoms with Gasteiger partial charge in [-0.05, 0) is 49.4 Å². The van der Waals surface area contributed by atoms with Crippen LogP contribution in [-0.4, -0.2) is 30.4 Å². The first-order valence-electron chi connectivity index (χ1n) is 7.21. The van der Waals surface area contributed by atoms with Crippen molar-refractivity contribution in [3.05, 3.63) is 53.1 Å². The highest BCUT2D eigenvalue weighted by Gasteiger charge is 2.11. The maximum atomic E-state index is 12.0. The average Bonchev–Trinajstić information content (AvgIpc) is 2.58. The number of anilines is 1. The van der Waals surface area contributed by atoms with Crippen LogP contribution in [0.4, 0.5) is 5.69 Å². The number of hydrazone groups is 1. The highest BCUT2D eigenvalue weighted by Crippen LogP contribution is 2.21. The second-order valence-electron chi connectivity index (χ2n) is 5.03. The number of aromatic hydroxyl groups is 1. The summed E-state index contributed by atoms with van der Waals surface area (Å²) in [5, 5.41) is 17.3. The van der Waals surface area contributed by atoms with Crippen molar-refractivity contribution in [3.63, 3.8) is 0 Å². The number of carbonyl (C=O) groups is 1. The lowest BCUT2D eigenvalue weighted by atomic mass is 10.2. The van der Waals surface area contributed by atoms with Crippen molar-refractivity contribution in [1.82, 2.24) is 5.43 Å². The summed E-state index contributed by atoms with van der Waals surface area (Å²) >= 11 is 5.82. The van der Waals surface area contributed by atoms with E-state index < -0.39 is 6.04 Å². The minimum Gasteiger partial charge on any atom is -0.507 e. The van der Waals surface area contributed by atoms with E-state index in [4.69, 9.17) is 16.3 Å². The molecule has 0 saturated heterocycles. The third kappa shape index (κ3) is 4.89. The van der Waals surface area contributed by atoms with Gasteiger partial charge in [0.2, 0.25) is 0 Å². The monoisotopic (exact) mass is 347 g/mol. The van der Waals surface area contributed by atoms with Crippen LogP contribution in [0.15, 0.2) is 47.6 Å². The predicted molar refractivity (Wildman–Crippen MR) is 94.9 cm³/mol. The Labute approximate surface area is 145 Å². The third-order valence-electron chi connectivity index (χ3n) is 3.23. The molecule has 2 aromatic rings. The lowest BCUT2D eigenvalue weighted by Crippen LogP contribution is -2.34. The summed E-state index contributed by atoms with van der Waals surface area (Å²) in [6.07, 6.45) is 1.35. The summed E-state index contributed by atoms with van der Waals surface area (Å²) in [5.74, 6) is 0.308. The summed E-state index contributed by atoms with van der Waals surface area (Å²) in [6, 6.07) is 11.3. The fraction of sp³-hybridized carbons (Fsp3) is 0.176. The Kier molecular flexibility index (Phi) is 6.03. The minimum absolute atomic E-state index is 0.0427. The zero-order chi connectivity index (χ0) is 17.5. The molecule has 2 aromatic carbocycles. The Hall–Kier alpha value is -2.73.